The summed E-state index contributed by atoms with van der Waals surface area (Å²) in [5, 5.41) is 14.6. The van der Waals surface area contributed by atoms with Gasteiger partial charge in [-0.25, -0.2) is 14.4 Å². The molecule has 0 bridgehead atoms. The lowest BCUT2D eigenvalue weighted by Crippen LogP contribution is -2.11. The molecule has 0 spiro atoms. The van der Waals surface area contributed by atoms with E-state index in [1.165, 1.54) is 19.3 Å². The fraction of sp³-hybridized carbons (Fsp3) is 0.143. The van der Waals surface area contributed by atoms with Crippen LogP contribution in [0.4, 0.5) is 4.39 Å². The highest BCUT2D eigenvalue weighted by Gasteiger charge is 2.17. The number of nitrogens with zero attached hydrogens (tertiary/aromatic N) is 5. The minimum atomic E-state index is -0.251. The van der Waals surface area contributed by atoms with Crippen LogP contribution in [0.2, 0.25) is 0 Å². The second-order valence-electron chi connectivity index (χ2n) is 6.45. The van der Waals surface area contributed by atoms with Gasteiger partial charge in [0.15, 0.2) is 0 Å². The van der Waals surface area contributed by atoms with Crippen LogP contribution in [0.15, 0.2) is 67.2 Å². The monoisotopic (exact) mass is 372 g/mol. The molecule has 0 radical (unpaired) electrons. The maximum Gasteiger partial charge on any atom is 0.141 e. The van der Waals surface area contributed by atoms with E-state index in [9.17, 15) is 9.65 Å². The van der Waals surface area contributed by atoms with Crippen molar-refractivity contribution in [1.29, 1.82) is 5.26 Å². The van der Waals surface area contributed by atoms with Crippen molar-refractivity contribution in [3.63, 3.8) is 0 Å². The summed E-state index contributed by atoms with van der Waals surface area (Å²) in [6.45, 7) is 1.42. The number of allylic oxidation sites excluding steroid dienone is 2. The number of H-pyrrole nitrogens is 1. The van der Waals surface area contributed by atoms with Crippen molar-refractivity contribution >= 4 is 11.0 Å². The molecule has 1 aromatic carbocycles. The molecular weight excluding hydrogens is 355 g/mol. The maximum absolute atomic E-state index is 13.4. The molecule has 0 aliphatic rings. The summed E-state index contributed by atoms with van der Waals surface area (Å²) in [6.07, 6.45) is 8.90. The van der Waals surface area contributed by atoms with Crippen molar-refractivity contribution in [2.75, 3.05) is 0 Å². The number of aromatic nitrogens is 5. The highest BCUT2D eigenvalue weighted by molar-refractivity contribution is 5.89. The quantitative estimate of drug-likeness (QED) is 0.557. The molecule has 4 rings (SSSR count). The van der Waals surface area contributed by atoms with Gasteiger partial charge < -0.3 is 4.98 Å². The molecule has 0 saturated carbocycles. The lowest BCUT2D eigenvalue weighted by Gasteiger charge is -2.17. The molecule has 0 aliphatic heterocycles. The van der Waals surface area contributed by atoms with Crippen LogP contribution in [0.1, 0.15) is 30.5 Å². The number of fused-ring (bicyclic) bond motifs is 1. The van der Waals surface area contributed by atoms with Crippen molar-refractivity contribution in [3.05, 3.63) is 78.3 Å². The van der Waals surface area contributed by atoms with E-state index in [2.05, 4.69) is 26.1 Å². The average Bonchev–Trinajstić information content (AvgIpc) is 3.37. The zero-order valence-corrected chi connectivity index (χ0v) is 15.2. The van der Waals surface area contributed by atoms with Gasteiger partial charge in [0.2, 0.25) is 0 Å². The Morgan fingerprint density at radius 1 is 1.36 bits per heavy atom. The first kappa shape index (κ1) is 17.6. The zero-order valence-electron chi connectivity index (χ0n) is 15.2. The van der Waals surface area contributed by atoms with Crippen LogP contribution >= 0.6 is 0 Å². The third kappa shape index (κ3) is 3.40. The Morgan fingerprint density at radius 3 is 3.07 bits per heavy atom. The predicted octanol–water partition coefficient (Wildman–Crippen LogP) is 4.55. The van der Waals surface area contributed by atoms with Crippen LogP contribution in [-0.4, -0.2) is 24.7 Å². The molecule has 0 saturated heterocycles. The highest BCUT2D eigenvalue weighted by Crippen LogP contribution is 2.28. The van der Waals surface area contributed by atoms with Gasteiger partial charge in [-0.3, -0.25) is 4.68 Å². The first-order chi connectivity index (χ1) is 13.7. The molecule has 1 atom stereocenters. The molecule has 3 heterocycles. The highest BCUT2D eigenvalue weighted by atomic mass is 19.1. The van der Waals surface area contributed by atoms with E-state index in [4.69, 9.17) is 0 Å². The number of halogens is 1. The molecule has 0 aliphatic carbocycles. The van der Waals surface area contributed by atoms with Gasteiger partial charge in [0.25, 0.3) is 0 Å². The second kappa shape index (κ2) is 7.45. The van der Waals surface area contributed by atoms with Gasteiger partial charge >= 0.3 is 0 Å². The smallest absolute Gasteiger partial charge is 0.141 e. The Morgan fingerprint density at radius 2 is 2.25 bits per heavy atom. The lowest BCUT2D eigenvalue weighted by atomic mass is 10.0. The zero-order chi connectivity index (χ0) is 19.5. The van der Waals surface area contributed by atoms with E-state index in [1.807, 2.05) is 36.7 Å². The summed E-state index contributed by atoms with van der Waals surface area (Å²) in [7, 11) is 0. The maximum atomic E-state index is 13.4. The Hall–Kier alpha value is -3.79. The van der Waals surface area contributed by atoms with Gasteiger partial charge in [0.1, 0.15) is 12.0 Å². The number of benzene rings is 1. The fourth-order valence-electron chi connectivity index (χ4n) is 3.22. The van der Waals surface area contributed by atoms with Crippen molar-refractivity contribution in [1.82, 2.24) is 24.7 Å². The topological polar surface area (TPSA) is 83.2 Å². The van der Waals surface area contributed by atoms with E-state index in [1.54, 1.807) is 16.9 Å². The van der Waals surface area contributed by atoms with E-state index in [0.29, 0.717) is 12.0 Å². The first-order valence-electron chi connectivity index (χ1n) is 8.80. The predicted molar refractivity (Wildman–Crippen MR) is 104 cm³/mol. The van der Waals surface area contributed by atoms with Gasteiger partial charge in [-0.15, -0.1) is 0 Å². The number of aromatic amines is 1. The Labute approximate surface area is 161 Å². The van der Waals surface area contributed by atoms with Crippen LogP contribution in [0.25, 0.3) is 22.3 Å². The number of hydrogen-bond acceptors (Lipinski definition) is 4. The molecule has 1 N–H and O–H groups in total. The van der Waals surface area contributed by atoms with Crippen molar-refractivity contribution in [3.8, 4) is 17.3 Å². The largest absolute Gasteiger partial charge is 0.346 e. The van der Waals surface area contributed by atoms with E-state index in [-0.39, 0.29) is 11.9 Å². The van der Waals surface area contributed by atoms with Crippen LogP contribution in [0.3, 0.4) is 0 Å². The van der Waals surface area contributed by atoms with E-state index < -0.39 is 0 Å². The fourth-order valence-corrected chi connectivity index (χ4v) is 3.22. The number of nitrogens with one attached hydrogen (secondary N) is 1. The van der Waals surface area contributed by atoms with Crippen LogP contribution in [-0.2, 0) is 0 Å². The van der Waals surface area contributed by atoms with Gasteiger partial charge in [-0.1, -0.05) is 18.2 Å². The van der Waals surface area contributed by atoms with Gasteiger partial charge in [-0.05, 0) is 37.1 Å². The minimum Gasteiger partial charge on any atom is -0.346 e. The van der Waals surface area contributed by atoms with Crippen LogP contribution in [0, 0.1) is 11.3 Å². The first-order valence-corrected chi connectivity index (χ1v) is 8.80. The normalized spacial score (nSPS) is 12.8. The third-order valence-electron chi connectivity index (χ3n) is 4.57. The van der Waals surface area contributed by atoms with Gasteiger partial charge in [0, 0.05) is 23.3 Å². The molecule has 0 amide bonds. The molecule has 7 heteroatoms. The number of nitriles is 1. The van der Waals surface area contributed by atoms with Crippen molar-refractivity contribution in [2.24, 2.45) is 0 Å². The minimum absolute atomic E-state index is 0.240. The Kier molecular flexibility index (Phi) is 4.68. The summed E-state index contributed by atoms with van der Waals surface area (Å²) < 4.78 is 15.2. The van der Waals surface area contributed by atoms with Crippen molar-refractivity contribution < 1.29 is 4.39 Å². The Balaban J connectivity index is 1.76. The summed E-state index contributed by atoms with van der Waals surface area (Å²) in [5.74, 6) is -0.251. The number of hydrogen-bond donors (Lipinski definition) is 1. The van der Waals surface area contributed by atoms with E-state index in [0.717, 1.165) is 27.9 Å². The molecular formula is C21H17FN6. The SMILES string of the molecule is C/C(F)=C/CC(c1cccc(C#N)c1)n1cc(-c2ncnc3[nH]ccc23)cn1. The van der Waals surface area contributed by atoms with Crippen LogP contribution in [0.5, 0.6) is 0 Å². The molecule has 138 valence electrons. The third-order valence-corrected chi connectivity index (χ3v) is 4.57. The molecule has 6 nitrogen and oxygen atoms in total. The molecule has 0 fully saturated rings. The average molecular weight is 372 g/mol. The lowest BCUT2D eigenvalue weighted by molar-refractivity contribution is 0.520. The second-order valence-corrected chi connectivity index (χ2v) is 6.45. The molecule has 4 aromatic rings. The van der Waals surface area contributed by atoms with Crippen LogP contribution < -0.4 is 0 Å². The molecule has 28 heavy (non-hydrogen) atoms. The molecule has 3 aromatic heterocycles. The molecule has 1 unspecified atom stereocenters. The standard InChI is InChI=1S/C21H17FN6/c1-14(22)5-6-19(16-4-2-3-15(9-16)10-23)28-12-17(11-27-28)20-18-7-8-24-21(18)26-13-25-20/h2-5,7-9,11-13,19H,6H2,1H3,(H,24,25,26)/b14-5-. The Bertz CT molecular complexity index is 1190. The summed E-state index contributed by atoms with van der Waals surface area (Å²) in [5.41, 5.74) is 3.82. The summed E-state index contributed by atoms with van der Waals surface area (Å²) in [6, 6.07) is 11.1. The van der Waals surface area contributed by atoms with E-state index >= 15 is 0 Å². The number of rotatable bonds is 5. The van der Waals surface area contributed by atoms with Gasteiger partial charge in [0.05, 0.1) is 35.4 Å². The van der Waals surface area contributed by atoms with Crippen molar-refractivity contribution in [2.45, 2.75) is 19.4 Å². The van der Waals surface area contributed by atoms with Gasteiger partial charge in [-0.2, -0.15) is 10.4 Å². The summed E-state index contributed by atoms with van der Waals surface area (Å²) in [4.78, 5) is 11.7. The summed E-state index contributed by atoms with van der Waals surface area (Å²) >= 11 is 0.